The molecule has 1 aliphatic rings. The van der Waals surface area contributed by atoms with Gasteiger partial charge >= 0.3 is 0 Å². The summed E-state index contributed by atoms with van der Waals surface area (Å²) in [7, 11) is 0. The summed E-state index contributed by atoms with van der Waals surface area (Å²) in [4.78, 5) is 0. The molecule has 3 aromatic rings. The van der Waals surface area contributed by atoms with Crippen molar-refractivity contribution in [3.05, 3.63) is 71.4 Å². The van der Waals surface area contributed by atoms with Crippen LogP contribution in [0.5, 0.6) is 0 Å². The first-order chi connectivity index (χ1) is 9.93. The van der Waals surface area contributed by atoms with Crippen LogP contribution >= 0.6 is 0 Å². The number of aromatic nitrogens is 1. The molecule has 0 spiro atoms. The lowest BCUT2D eigenvalue weighted by atomic mass is 10.1. The van der Waals surface area contributed by atoms with E-state index in [4.69, 9.17) is 0 Å². The van der Waals surface area contributed by atoms with Gasteiger partial charge < -0.3 is 9.88 Å². The van der Waals surface area contributed by atoms with Gasteiger partial charge in [0.15, 0.2) is 0 Å². The maximum Gasteiger partial charge on any atom is 0.0489 e. The van der Waals surface area contributed by atoms with Crippen LogP contribution in [0.2, 0.25) is 0 Å². The standard InChI is InChI=1S/C18H18N2/c1-2-6-14(7-3-1)13-20-17-9-5-4-8-15(17)16-12-19-11-10-18(16)20/h1-9,19H,10-13H2. The summed E-state index contributed by atoms with van der Waals surface area (Å²) in [6.45, 7) is 3.05. The summed E-state index contributed by atoms with van der Waals surface area (Å²) in [6.07, 6.45) is 1.12. The van der Waals surface area contributed by atoms with E-state index in [9.17, 15) is 0 Å². The van der Waals surface area contributed by atoms with Gasteiger partial charge in [-0.05, 0) is 17.2 Å². The highest BCUT2D eigenvalue weighted by Crippen LogP contribution is 2.29. The molecule has 0 unspecified atom stereocenters. The van der Waals surface area contributed by atoms with Crippen molar-refractivity contribution < 1.29 is 0 Å². The molecule has 2 heteroatoms. The summed E-state index contributed by atoms with van der Waals surface area (Å²) in [5.41, 5.74) is 5.73. The highest BCUT2D eigenvalue weighted by Gasteiger charge is 2.19. The Morgan fingerprint density at radius 3 is 2.65 bits per heavy atom. The highest BCUT2D eigenvalue weighted by molar-refractivity contribution is 5.86. The molecule has 0 bridgehead atoms. The van der Waals surface area contributed by atoms with Crippen molar-refractivity contribution in [2.24, 2.45) is 0 Å². The van der Waals surface area contributed by atoms with Crippen molar-refractivity contribution in [1.29, 1.82) is 0 Å². The maximum absolute atomic E-state index is 3.50. The van der Waals surface area contributed by atoms with E-state index < -0.39 is 0 Å². The fourth-order valence-corrected chi connectivity index (χ4v) is 3.28. The van der Waals surface area contributed by atoms with Gasteiger partial charge in [-0.2, -0.15) is 0 Å². The molecule has 1 N–H and O–H groups in total. The average molecular weight is 262 g/mol. The third-order valence-corrected chi connectivity index (χ3v) is 4.22. The van der Waals surface area contributed by atoms with Crippen LogP contribution in [0.3, 0.4) is 0 Å². The van der Waals surface area contributed by atoms with Crippen molar-refractivity contribution in [2.75, 3.05) is 6.54 Å². The fraction of sp³-hybridized carbons (Fsp3) is 0.222. The molecule has 0 aliphatic carbocycles. The molecule has 20 heavy (non-hydrogen) atoms. The predicted molar refractivity (Wildman–Crippen MR) is 82.9 cm³/mol. The predicted octanol–water partition coefficient (Wildman–Crippen LogP) is 3.34. The molecule has 0 atom stereocenters. The topological polar surface area (TPSA) is 17.0 Å². The second-order valence-corrected chi connectivity index (χ2v) is 5.44. The van der Waals surface area contributed by atoms with E-state index in [-0.39, 0.29) is 0 Å². The van der Waals surface area contributed by atoms with Gasteiger partial charge in [0.2, 0.25) is 0 Å². The Bertz CT molecular complexity index is 741. The quantitative estimate of drug-likeness (QED) is 0.749. The molecular formula is C18H18N2. The average Bonchev–Trinajstić information content (AvgIpc) is 2.84. The Kier molecular flexibility index (Phi) is 2.82. The third kappa shape index (κ3) is 1.84. The van der Waals surface area contributed by atoms with Crippen LogP contribution in [0.1, 0.15) is 16.8 Å². The summed E-state index contributed by atoms with van der Waals surface area (Å²) in [6, 6.07) is 19.5. The molecule has 0 saturated heterocycles. The molecule has 0 amide bonds. The van der Waals surface area contributed by atoms with Crippen LogP contribution in [0, 0.1) is 0 Å². The largest absolute Gasteiger partial charge is 0.340 e. The lowest BCUT2D eigenvalue weighted by molar-refractivity contribution is 0.612. The second-order valence-electron chi connectivity index (χ2n) is 5.44. The van der Waals surface area contributed by atoms with Crippen molar-refractivity contribution in [3.8, 4) is 0 Å². The van der Waals surface area contributed by atoms with Crippen LogP contribution in [0.25, 0.3) is 10.9 Å². The van der Waals surface area contributed by atoms with E-state index in [0.717, 1.165) is 26.1 Å². The van der Waals surface area contributed by atoms with Gasteiger partial charge in [-0.15, -0.1) is 0 Å². The lowest BCUT2D eigenvalue weighted by Crippen LogP contribution is -2.24. The van der Waals surface area contributed by atoms with Crippen LogP contribution in [0.4, 0.5) is 0 Å². The van der Waals surface area contributed by atoms with Crippen LogP contribution in [-0.4, -0.2) is 11.1 Å². The summed E-state index contributed by atoms with van der Waals surface area (Å²) in [5.74, 6) is 0. The number of hydrogen-bond donors (Lipinski definition) is 1. The highest BCUT2D eigenvalue weighted by atomic mass is 15.0. The summed E-state index contributed by atoms with van der Waals surface area (Å²) < 4.78 is 2.50. The first-order valence-electron chi connectivity index (χ1n) is 7.27. The Hall–Kier alpha value is -2.06. The zero-order valence-electron chi connectivity index (χ0n) is 11.5. The van der Waals surface area contributed by atoms with Gasteiger partial charge in [-0.3, -0.25) is 0 Å². The number of nitrogens with one attached hydrogen (secondary N) is 1. The Morgan fingerprint density at radius 2 is 1.75 bits per heavy atom. The summed E-state index contributed by atoms with van der Waals surface area (Å²) in [5, 5.41) is 4.90. The SMILES string of the molecule is c1ccc(Cn2c3c(c4ccccc42)CNCC3)cc1. The van der Waals surface area contributed by atoms with E-state index in [0.29, 0.717) is 0 Å². The van der Waals surface area contributed by atoms with Crippen LogP contribution < -0.4 is 5.32 Å². The maximum atomic E-state index is 3.50. The van der Waals surface area contributed by atoms with Crippen molar-refractivity contribution in [3.63, 3.8) is 0 Å². The van der Waals surface area contributed by atoms with E-state index >= 15 is 0 Å². The van der Waals surface area contributed by atoms with Crippen molar-refractivity contribution in [1.82, 2.24) is 9.88 Å². The van der Waals surface area contributed by atoms with Gasteiger partial charge in [0.1, 0.15) is 0 Å². The van der Waals surface area contributed by atoms with Crippen LogP contribution in [0.15, 0.2) is 54.6 Å². The van der Waals surface area contributed by atoms with E-state index in [1.165, 1.54) is 27.7 Å². The van der Waals surface area contributed by atoms with E-state index in [1.807, 2.05) is 0 Å². The second kappa shape index (κ2) is 4.80. The minimum Gasteiger partial charge on any atom is -0.340 e. The number of fused-ring (bicyclic) bond motifs is 3. The molecule has 0 radical (unpaired) electrons. The number of rotatable bonds is 2. The van der Waals surface area contributed by atoms with Crippen molar-refractivity contribution in [2.45, 2.75) is 19.5 Å². The molecule has 1 aliphatic heterocycles. The first kappa shape index (κ1) is 11.7. The molecule has 0 saturated carbocycles. The Balaban J connectivity index is 1.89. The minimum atomic E-state index is 0.969. The zero-order chi connectivity index (χ0) is 13.4. The van der Waals surface area contributed by atoms with Gasteiger partial charge in [0.05, 0.1) is 0 Å². The Morgan fingerprint density at radius 1 is 0.950 bits per heavy atom. The molecule has 2 heterocycles. The van der Waals surface area contributed by atoms with E-state index in [2.05, 4.69) is 64.5 Å². The van der Waals surface area contributed by atoms with Gasteiger partial charge in [-0.25, -0.2) is 0 Å². The first-order valence-corrected chi connectivity index (χ1v) is 7.27. The molecule has 2 aromatic carbocycles. The Labute approximate surface area is 119 Å². The monoisotopic (exact) mass is 262 g/mol. The van der Waals surface area contributed by atoms with Gasteiger partial charge in [0.25, 0.3) is 0 Å². The smallest absolute Gasteiger partial charge is 0.0489 e. The fourth-order valence-electron chi connectivity index (χ4n) is 3.28. The normalized spacial score (nSPS) is 14.4. The summed E-state index contributed by atoms with van der Waals surface area (Å²) >= 11 is 0. The van der Waals surface area contributed by atoms with Gasteiger partial charge in [0, 0.05) is 42.7 Å². The molecule has 2 nitrogen and oxygen atoms in total. The van der Waals surface area contributed by atoms with Gasteiger partial charge in [-0.1, -0.05) is 48.5 Å². The van der Waals surface area contributed by atoms with E-state index in [1.54, 1.807) is 0 Å². The molecule has 4 rings (SSSR count). The zero-order valence-corrected chi connectivity index (χ0v) is 11.5. The number of hydrogen-bond acceptors (Lipinski definition) is 1. The minimum absolute atomic E-state index is 0.969. The lowest BCUT2D eigenvalue weighted by Gasteiger charge is -2.17. The molecule has 1 aromatic heterocycles. The number of nitrogens with zero attached hydrogens (tertiary/aromatic N) is 1. The van der Waals surface area contributed by atoms with Crippen LogP contribution in [-0.2, 0) is 19.5 Å². The third-order valence-electron chi connectivity index (χ3n) is 4.22. The molecular weight excluding hydrogens is 244 g/mol. The molecule has 100 valence electrons. The number of benzene rings is 2. The number of para-hydroxylation sites is 1. The molecule has 0 fully saturated rings. The van der Waals surface area contributed by atoms with Crippen molar-refractivity contribution >= 4 is 10.9 Å².